The Morgan fingerprint density at radius 2 is 2.22 bits per heavy atom. The zero-order chi connectivity index (χ0) is 13.0. The number of rotatable bonds is 5. The van der Waals surface area contributed by atoms with Gasteiger partial charge in [-0.25, -0.2) is 0 Å². The fourth-order valence-electron chi connectivity index (χ4n) is 2.94. The van der Waals surface area contributed by atoms with Crippen LogP contribution in [0.3, 0.4) is 0 Å². The van der Waals surface area contributed by atoms with Gasteiger partial charge in [-0.1, -0.05) is 26.7 Å². The van der Waals surface area contributed by atoms with Gasteiger partial charge in [0.05, 0.1) is 12.2 Å². The van der Waals surface area contributed by atoms with Crippen LogP contribution >= 0.6 is 11.8 Å². The van der Waals surface area contributed by atoms with E-state index in [-0.39, 0.29) is 12.2 Å². The highest BCUT2D eigenvalue weighted by Crippen LogP contribution is 2.28. The molecule has 1 amide bonds. The highest BCUT2D eigenvalue weighted by atomic mass is 32.2. The van der Waals surface area contributed by atoms with Crippen molar-refractivity contribution in [3.8, 4) is 0 Å². The topological polar surface area (TPSA) is 32.3 Å². The molecule has 4 heteroatoms. The van der Waals surface area contributed by atoms with Gasteiger partial charge < -0.3 is 4.90 Å². The first-order chi connectivity index (χ1) is 8.76. The lowest BCUT2D eigenvalue weighted by Gasteiger charge is -2.30. The molecule has 18 heavy (non-hydrogen) atoms. The van der Waals surface area contributed by atoms with Crippen molar-refractivity contribution in [1.82, 2.24) is 10.2 Å². The van der Waals surface area contributed by atoms with Crippen LogP contribution in [0.1, 0.15) is 52.4 Å². The molecule has 0 bridgehead atoms. The maximum Gasteiger partial charge on any atom is 0.241 e. The Bertz CT molecular complexity index is 279. The monoisotopic (exact) mass is 270 g/mol. The minimum atomic E-state index is 0.0649. The molecule has 0 aromatic carbocycles. The Morgan fingerprint density at radius 1 is 1.39 bits per heavy atom. The molecule has 3 unspecified atom stereocenters. The van der Waals surface area contributed by atoms with Crippen LogP contribution in [-0.2, 0) is 4.79 Å². The maximum atomic E-state index is 12.3. The van der Waals surface area contributed by atoms with Gasteiger partial charge in [-0.05, 0) is 31.4 Å². The molecule has 0 aromatic rings. The largest absolute Gasteiger partial charge is 0.325 e. The molecule has 2 heterocycles. The molecule has 2 aliphatic rings. The SMILES string of the molecule is CCCC1NC(CC)C(=O)N1CC1CCCCS1. The van der Waals surface area contributed by atoms with E-state index >= 15 is 0 Å². The minimum absolute atomic E-state index is 0.0649. The number of nitrogens with zero attached hydrogens (tertiary/aromatic N) is 1. The predicted molar refractivity (Wildman–Crippen MR) is 77.7 cm³/mol. The average Bonchev–Trinajstić information content (AvgIpc) is 2.69. The Balaban J connectivity index is 1.95. The van der Waals surface area contributed by atoms with E-state index in [9.17, 15) is 4.79 Å². The molecular formula is C14H26N2OS. The molecule has 2 saturated heterocycles. The summed E-state index contributed by atoms with van der Waals surface area (Å²) >= 11 is 2.06. The van der Waals surface area contributed by atoms with Crippen molar-refractivity contribution < 1.29 is 4.79 Å². The fourth-order valence-corrected chi connectivity index (χ4v) is 4.24. The van der Waals surface area contributed by atoms with Crippen LogP contribution < -0.4 is 5.32 Å². The zero-order valence-electron chi connectivity index (χ0n) is 11.7. The fraction of sp³-hybridized carbons (Fsp3) is 0.929. The second kappa shape index (κ2) is 6.80. The van der Waals surface area contributed by atoms with Crippen molar-refractivity contribution in [2.24, 2.45) is 0 Å². The third kappa shape index (κ3) is 3.21. The van der Waals surface area contributed by atoms with E-state index in [1.54, 1.807) is 0 Å². The summed E-state index contributed by atoms with van der Waals surface area (Å²) in [6, 6.07) is 0.0649. The van der Waals surface area contributed by atoms with Gasteiger partial charge in [0.25, 0.3) is 0 Å². The van der Waals surface area contributed by atoms with Crippen molar-refractivity contribution in [2.75, 3.05) is 12.3 Å². The van der Waals surface area contributed by atoms with Gasteiger partial charge in [0.15, 0.2) is 0 Å². The molecule has 0 aromatic heterocycles. The van der Waals surface area contributed by atoms with Crippen molar-refractivity contribution in [2.45, 2.75) is 69.8 Å². The van der Waals surface area contributed by atoms with Crippen LogP contribution in [0.25, 0.3) is 0 Å². The number of amides is 1. The maximum absolute atomic E-state index is 12.3. The Hall–Kier alpha value is -0.220. The number of carbonyl (C=O) groups excluding carboxylic acids is 1. The van der Waals surface area contributed by atoms with Gasteiger partial charge in [0, 0.05) is 11.8 Å². The van der Waals surface area contributed by atoms with Gasteiger partial charge in [-0.2, -0.15) is 11.8 Å². The van der Waals surface area contributed by atoms with Crippen molar-refractivity contribution >= 4 is 17.7 Å². The molecular weight excluding hydrogens is 244 g/mol. The summed E-state index contributed by atoms with van der Waals surface area (Å²) in [6.07, 6.45) is 7.38. The predicted octanol–water partition coefficient (Wildman–Crippen LogP) is 2.61. The van der Waals surface area contributed by atoms with Gasteiger partial charge in [-0.15, -0.1) is 0 Å². The van der Waals surface area contributed by atoms with Gasteiger partial charge >= 0.3 is 0 Å². The van der Waals surface area contributed by atoms with Crippen LogP contribution in [0.4, 0.5) is 0 Å². The second-order valence-corrected chi connectivity index (χ2v) is 6.82. The summed E-state index contributed by atoms with van der Waals surface area (Å²) in [4.78, 5) is 14.5. The first kappa shape index (κ1) is 14.2. The van der Waals surface area contributed by atoms with Gasteiger partial charge in [0.2, 0.25) is 5.91 Å². The highest BCUT2D eigenvalue weighted by molar-refractivity contribution is 7.99. The first-order valence-electron chi connectivity index (χ1n) is 7.44. The molecule has 3 atom stereocenters. The van der Waals surface area contributed by atoms with Crippen LogP contribution in [-0.4, -0.2) is 40.6 Å². The molecule has 2 aliphatic heterocycles. The normalized spacial score (nSPS) is 33.1. The van der Waals surface area contributed by atoms with E-state index < -0.39 is 0 Å². The number of hydrogen-bond donors (Lipinski definition) is 1. The lowest BCUT2D eigenvalue weighted by atomic mass is 10.1. The Labute approximate surface area is 115 Å². The van der Waals surface area contributed by atoms with Crippen molar-refractivity contribution in [1.29, 1.82) is 0 Å². The number of hydrogen-bond acceptors (Lipinski definition) is 3. The summed E-state index contributed by atoms with van der Waals surface area (Å²) in [5, 5.41) is 4.16. The highest BCUT2D eigenvalue weighted by Gasteiger charge is 2.38. The third-order valence-corrected chi connectivity index (χ3v) is 5.38. The first-order valence-corrected chi connectivity index (χ1v) is 8.49. The van der Waals surface area contributed by atoms with Crippen LogP contribution in [0, 0.1) is 0 Å². The van der Waals surface area contributed by atoms with Crippen LogP contribution in [0.2, 0.25) is 0 Å². The van der Waals surface area contributed by atoms with E-state index in [1.165, 1.54) is 25.0 Å². The molecule has 0 saturated carbocycles. The molecule has 0 radical (unpaired) electrons. The average molecular weight is 270 g/mol. The smallest absolute Gasteiger partial charge is 0.241 e. The van der Waals surface area contributed by atoms with E-state index in [1.807, 2.05) is 0 Å². The second-order valence-electron chi connectivity index (χ2n) is 5.41. The number of nitrogens with one attached hydrogen (secondary N) is 1. The molecule has 0 spiro atoms. The Morgan fingerprint density at radius 3 is 2.83 bits per heavy atom. The van der Waals surface area contributed by atoms with Crippen molar-refractivity contribution in [3.05, 3.63) is 0 Å². The summed E-state index contributed by atoms with van der Waals surface area (Å²) in [5.74, 6) is 1.61. The summed E-state index contributed by atoms with van der Waals surface area (Å²) < 4.78 is 0. The molecule has 2 rings (SSSR count). The molecule has 104 valence electrons. The third-order valence-electron chi connectivity index (χ3n) is 4.00. The summed E-state index contributed by atoms with van der Waals surface area (Å²) in [5.41, 5.74) is 0. The minimum Gasteiger partial charge on any atom is -0.325 e. The van der Waals surface area contributed by atoms with Gasteiger partial charge in [-0.3, -0.25) is 10.1 Å². The van der Waals surface area contributed by atoms with Crippen LogP contribution in [0.15, 0.2) is 0 Å². The Kier molecular flexibility index (Phi) is 5.37. The number of carbonyl (C=O) groups is 1. The summed E-state index contributed by atoms with van der Waals surface area (Å²) in [7, 11) is 0. The zero-order valence-corrected chi connectivity index (χ0v) is 12.5. The van der Waals surface area contributed by atoms with E-state index in [4.69, 9.17) is 0 Å². The van der Waals surface area contributed by atoms with Gasteiger partial charge in [0.1, 0.15) is 0 Å². The lowest BCUT2D eigenvalue weighted by molar-refractivity contribution is -0.130. The van der Waals surface area contributed by atoms with Crippen molar-refractivity contribution in [3.63, 3.8) is 0 Å². The van der Waals surface area contributed by atoms with E-state index in [0.29, 0.717) is 11.2 Å². The molecule has 3 nitrogen and oxygen atoms in total. The molecule has 1 N–H and O–H groups in total. The van der Waals surface area contributed by atoms with E-state index in [2.05, 4.69) is 35.8 Å². The quantitative estimate of drug-likeness (QED) is 0.833. The summed E-state index contributed by atoms with van der Waals surface area (Å²) in [6.45, 7) is 5.24. The van der Waals surface area contributed by atoms with Crippen LogP contribution in [0.5, 0.6) is 0 Å². The molecule has 2 fully saturated rings. The standard InChI is InChI=1S/C14H26N2OS/c1-3-7-13-15-12(4-2)14(17)16(13)10-11-8-5-6-9-18-11/h11-13,15H,3-10H2,1-2H3. The van der Waals surface area contributed by atoms with E-state index in [0.717, 1.165) is 25.8 Å². The lowest BCUT2D eigenvalue weighted by Crippen LogP contribution is -2.41. The molecule has 0 aliphatic carbocycles. The number of thioether (sulfide) groups is 1.